The minimum Gasteiger partial charge on any atom is -0.477 e. The Labute approximate surface area is 219 Å². The number of hydrogen-bond donors (Lipinski definition) is 3. The van der Waals surface area contributed by atoms with Gasteiger partial charge in [-0.25, -0.2) is 9.18 Å². The number of allylic oxidation sites excluding steroid dienone is 1. The van der Waals surface area contributed by atoms with Gasteiger partial charge < -0.3 is 25.6 Å². The summed E-state index contributed by atoms with van der Waals surface area (Å²) in [6.45, 7) is 5.06. The first-order chi connectivity index (χ1) is 17.6. The monoisotopic (exact) mass is 530 g/mol. The Morgan fingerprint density at radius 2 is 2.03 bits per heavy atom. The van der Waals surface area contributed by atoms with Crippen LogP contribution in [-0.4, -0.2) is 46.7 Å². The largest absolute Gasteiger partial charge is 0.477 e. The van der Waals surface area contributed by atoms with E-state index in [1.807, 2.05) is 30.9 Å². The lowest BCUT2D eigenvalue weighted by Crippen LogP contribution is -2.49. The summed E-state index contributed by atoms with van der Waals surface area (Å²) in [5, 5.41) is 12.7. The van der Waals surface area contributed by atoms with Crippen LogP contribution in [0.1, 0.15) is 55.9 Å². The Kier molecular flexibility index (Phi) is 6.79. The van der Waals surface area contributed by atoms with Gasteiger partial charge in [-0.1, -0.05) is 37.6 Å². The number of anilines is 1. The smallest absolute Gasteiger partial charge is 0.341 e. The average molecular weight is 531 g/mol. The number of nitrogens with two attached hydrogens (primary N) is 1. The Morgan fingerprint density at radius 3 is 2.68 bits per heavy atom. The summed E-state index contributed by atoms with van der Waals surface area (Å²) in [6.07, 6.45) is 8.42. The van der Waals surface area contributed by atoms with Crippen molar-refractivity contribution in [1.29, 1.82) is 0 Å². The summed E-state index contributed by atoms with van der Waals surface area (Å²) >= 11 is 6.83. The van der Waals surface area contributed by atoms with Crippen molar-refractivity contribution in [2.24, 2.45) is 23.5 Å². The van der Waals surface area contributed by atoms with Gasteiger partial charge in [0.15, 0.2) is 0 Å². The van der Waals surface area contributed by atoms with E-state index in [1.54, 1.807) is 4.57 Å². The van der Waals surface area contributed by atoms with E-state index in [4.69, 9.17) is 17.3 Å². The first-order valence-electron chi connectivity index (χ1n) is 12.8. The van der Waals surface area contributed by atoms with Crippen molar-refractivity contribution in [3.8, 4) is 0 Å². The van der Waals surface area contributed by atoms with Gasteiger partial charge in [-0.05, 0) is 43.6 Å². The van der Waals surface area contributed by atoms with Crippen LogP contribution in [0.15, 0.2) is 29.2 Å². The van der Waals surface area contributed by atoms with Crippen molar-refractivity contribution in [3.05, 3.63) is 51.0 Å². The van der Waals surface area contributed by atoms with Gasteiger partial charge in [0.2, 0.25) is 11.3 Å². The van der Waals surface area contributed by atoms with E-state index < -0.39 is 28.8 Å². The van der Waals surface area contributed by atoms with Crippen LogP contribution in [0.3, 0.4) is 0 Å². The molecule has 8 nitrogen and oxygen atoms in total. The standard InChI is InChI=1S/C27H32ClFN4O4/c1-13(2)8-20(30)26(35)31-21-5-3-4-14-10-32(11-17(14)21)24-19(29)9-16-23(22(24)28)33(15-6-7-15)12-18(25(16)34)27(36)37/h3,5,9,12-15,17,20-21H,4,6-8,10-11,30H2,1-2H3,(H,31,35)(H,36,37)/t14?,17?,20-,21?/m0/s1. The molecule has 1 aliphatic heterocycles. The number of nitrogens with one attached hydrogen (secondary N) is 1. The first-order valence-corrected chi connectivity index (χ1v) is 13.2. The van der Waals surface area contributed by atoms with Gasteiger partial charge >= 0.3 is 5.97 Å². The highest BCUT2D eigenvalue weighted by Crippen LogP contribution is 2.44. The van der Waals surface area contributed by atoms with E-state index in [9.17, 15) is 19.5 Å². The highest BCUT2D eigenvalue weighted by Gasteiger charge is 2.41. The zero-order chi connectivity index (χ0) is 26.6. The zero-order valence-corrected chi connectivity index (χ0v) is 21.7. The number of pyridine rings is 1. The van der Waals surface area contributed by atoms with Crippen LogP contribution < -0.4 is 21.4 Å². The summed E-state index contributed by atoms with van der Waals surface area (Å²) in [5.74, 6) is -1.67. The van der Waals surface area contributed by atoms with Crippen molar-refractivity contribution in [2.45, 2.75) is 57.7 Å². The average Bonchev–Trinajstić information content (AvgIpc) is 3.58. The lowest BCUT2D eigenvalue weighted by molar-refractivity contribution is -0.123. The highest BCUT2D eigenvalue weighted by atomic mass is 35.5. The molecule has 198 valence electrons. The topological polar surface area (TPSA) is 118 Å². The van der Waals surface area contributed by atoms with E-state index in [2.05, 4.69) is 5.32 Å². The number of carbonyl (C=O) groups is 2. The number of carbonyl (C=O) groups excluding carboxylic acids is 1. The van der Waals surface area contributed by atoms with Gasteiger partial charge in [-0.2, -0.15) is 0 Å². The molecule has 1 saturated carbocycles. The molecule has 0 spiro atoms. The number of nitrogens with zero attached hydrogens (tertiary/aromatic N) is 2. The number of rotatable bonds is 7. The molecule has 1 amide bonds. The van der Waals surface area contributed by atoms with Crippen LogP contribution >= 0.6 is 11.6 Å². The summed E-state index contributed by atoms with van der Waals surface area (Å²) in [4.78, 5) is 39.1. The second-order valence-corrected chi connectivity index (χ2v) is 11.4. The van der Waals surface area contributed by atoms with Crippen molar-refractivity contribution in [3.63, 3.8) is 0 Å². The fourth-order valence-corrected chi connectivity index (χ4v) is 6.24. The van der Waals surface area contributed by atoms with E-state index in [1.165, 1.54) is 6.20 Å². The minimum absolute atomic E-state index is 0.0250. The summed E-state index contributed by atoms with van der Waals surface area (Å²) in [6, 6.07) is 0.333. The van der Waals surface area contributed by atoms with Crippen LogP contribution in [0, 0.1) is 23.6 Å². The fraction of sp³-hybridized carbons (Fsp3) is 0.519. The molecule has 5 rings (SSSR count). The molecule has 3 unspecified atom stereocenters. The second kappa shape index (κ2) is 9.76. The SMILES string of the molecule is CC(C)C[C@H](N)C(=O)NC1C=CCC2CN(c3c(F)cc4c(=O)c(C(=O)O)cn(C5CC5)c4c3Cl)CC21. The first kappa shape index (κ1) is 25.7. The Bertz CT molecular complexity index is 1350. The number of benzene rings is 1. The molecule has 10 heteroatoms. The molecule has 2 fully saturated rings. The van der Waals surface area contributed by atoms with E-state index in [-0.39, 0.29) is 45.9 Å². The molecule has 1 aromatic carbocycles. The predicted octanol–water partition coefficient (Wildman–Crippen LogP) is 3.70. The Hall–Kier alpha value is -2.91. The Morgan fingerprint density at radius 1 is 1.30 bits per heavy atom. The number of carboxylic acid groups (broad SMARTS) is 1. The fourth-order valence-electron chi connectivity index (χ4n) is 5.83. The van der Waals surface area contributed by atoms with Crippen LogP contribution in [0.25, 0.3) is 10.9 Å². The normalized spacial score (nSPS) is 23.9. The molecule has 37 heavy (non-hydrogen) atoms. The van der Waals surface area contributed by atoms with Crippen LogP contribution in [0.4, 0.5) is 10.1 Å². The molecule has 2 aliphatic carbocycles. The molecule has 1 saturated heterocycles. The molecule has 2 aromatic rings. The van der Waals surface area contributed by atoms with E-state index in [0.717, 1.165) is 25.3 Å². The number of carboxylic acids is 1. The van der Waals surface area contributed by atoms with Gasteiger partial charge in [0, 0.05) is 31.2 Å². The van der Waals surface area contributed by atoms with Crippen molar-refractivity contribution < 1.29 is 19.1 Å². The van der Waals surface area contributed by atoms with Crippen LogP contribution in [-0.2, 0) is 4.79 Å². The number of amides is 1. The molecular formula is C27H32ClFN4O4. The lowest BCUT2D eigenvalue weighted by Gasteiger charge is -2.30. The molecular weight excluding hydrogens is 499 g/mol. The van der Waals surface area contributed by atoms with E-state index >= 15 is 4.39 Å². The summed E-state index contributed by atoms with van der Waals surface area (Å²) in [7, 11) is 0. The van der Waals surface area contributed by atoms with Crippen molar-refractivity contribution >= 4 is 40.1 Å². The third-order valence-electron chi connectivity index (χ3n) is 7.78. The van der Waals surface area contributed by atoms with Gasteiger partial charge in [-0.3, -0.25) is 9.59 Å². The maximum Gasteiger partial charge on any atom is 0.341 e. The minimum atomic E-state index is -1.35. The molecule has 4 N–H and O–H groups in total. The van der Waals surface area contributed by atoms with Gasteiger partial charge in [0.1, 0.15) is 11.4 Å². The number of aromatic nitrogens is 1. The van der Waals surface area contributed by atoms with Gasteiger partial charge in [0.05, 0.1) is 33.7 Å². The lowest BCUT2D eigenvalue weighted by atomic mass is 9.82. The number of halogens is 2. The molecule has 4 atom stereocenters. The molecule has 2 heterocycles. The van der Waals surface area contributed by atoms with Gasteiger partial charge in [-0.15, -0.1) is 0 Å². The number of aromatic carboxylic acids is 1. The molecule has 0 bridgehead atoms. The Balaban J connectivity index is 1.48. The van der Waals surface area contributed by atoms with E-state index in [0.29, 0.717) is 30.9 Å². The predicted molar refractivity (Wildman–Crippen MR) is 141 cm³/mol. The maximum absolute atomic E-state index is 15.6. The molecule has 3 aliphatic rings. The molecule has 0 radical (unpaired) electrons. The quantitative estimate of drug-likeness (QED) is 0.470. The molecule has 1 aromatic heterocycles. The van der Waals surface area contributed by atoms with Crippen LogP contribution in [0.5, 0.6) is 0 Å². The maximum atomic E-state index is 15.6. The van der Waals surface area contributed by atoms with Crippen molar-refractivity contribution in [1.82, 2.24) is 9.88 Å². The second-order valence-electron chi connectivity index (χ2n) is 11.0. The number of fused-ring (bicyclic) bond motifs is 2. The summed E-state index contributed by atoms with van der Waals surface area (Å²) < 4.78 is 17.3. The third kappa shape index (κ3) is 4.75. The highest BCUT2D eigenvalue weighted by molar-refractivity contribution is 6.38. The van der Waals surface area contributed by atoms with Crippen LogP contribution in [0.2, 0.25) is 5.02 Å². The summed E-state index contributed by atoms with van der Waals surface area (Å²) in [5.41, 5.74) is 5.53. The number of hydrogen-bond acceptors (Lipinski definition) is 5. The van der Waals surface area contributed by atoms with Gasteiger partial charge in [0.25, 0.3) is 0 Å². The third-order valence-corrected chi connectivity index (χ3v) is 8.13. The van der Waals surface area contributed by atoms with Crippen molar-refractivity contribution in [2.75, 3.05) is 18.0 Å². The zero-order valence-electron chi connectivity index (χ0n) is 20.9.